The number of rotatable bonds is 4. The molecule has 4 nitrogen and oxygen atoms in total. The van der Waals surface area contributed by atoms with Crippen LogP contribution < -0.4 is 4.74 Å². The number of nitrogens with zero attached hydrogens (tertiary/aromatic N) is 1. The summed E-state index contributed by atoms with van der Waals surface area (Å²) in [5.74, 6) is 1.08. The van der Waals surface area contributed by atoms with Crippen LogP contribution in [0.25, 0.3) is 10.9 Å². The number of benzene rings is 1. The van der Waals surface area contributed by atoms with E-state index in [1.165, 1.54) is 12.1 Å². The third-order valence-corrected chi connectivity index (χ3v) is 3.47. The van der Waals surface area contributed by atoms with Crippen LogP contribution in [0.2, 0.25) is 5.02 Å². The maximum Gasteiger partial charge on any atom is 0.180 e. The van der Waals surface area contributed by atoms with Crippen LogP contribution in [0.5, 0.6) is 5.75 Å². The zero-order valence-corrected chi connectivity index (χ0v) is 12.1. The van der Waals surface area contributed by atoms with E-state index in [-0.39, 0.29) is 0 Å². The standard InChI is InChI=1S/C15H15ClN2O2/c1-9(2)13-4-10-3-12(16)15(5-14(10)18-13)20-7-11-6-19-8-17-11/h3-6,8-9,18H,7H2,1-2H3. The minimum absolute atomic E-state index is 0.333. The molecule has 0 saturated heterocycles. The van der Waals surface area contributed by atoms with Gasteiger partial charge in [-0.25, -0.2) is 4.98 Å². The Kier molecular flexibility index (Phi) is 3.40. The van der Waals surface area contributed by atoms with Crippen LogP contribution in [0, 0.1) is 0 Å². The van der Waals surface area contributed by atoms with Crippen LogP contribution in [0.1, 0.15) is 31.2 Å². The second-order valence-electron chi connectivity index (χ2n) is 5.02. The van der Waals surface area contributed by atoms with E-state index < -0.39 is 0 Å². The van der Waals surface area contributed by atoms with Crippen molar-refractivity contribution in [2.75, 3.05) is 0 Å². The van der Waals surface area contributed by atoms with E-state index in [0.29, 0.717) is 23.3 Å². The lowest BCUT2D eigenvalue weighted by Crippen LogP contribution is -1.96. The van der Waals surface area contributed by atoms with Crippen LogP contribution in [0.15, 0.2) is 35.3 Å². The van der Waals surface area contributed by atoms with E-state index >= 15 is 0 Å². The molecule has 0 spiro atoms. The van der Waals surface area contributed by atoms with Crippen molar-refractivity contribution in [3.63, 3.8) is 0 Å². The summed E-state index contributed by atoms with van der Waals surface area (Å²) in [6.07, 6.45) is 2.93. The lowest BCUT2D eigenvalue weighted by atomic mass is 10.1. The van der Waals surface area contributed by atoms with Gasteiger partial charge in [0.25, 0.3) is 0 Å². The van der Waals surface area contributed by atoms with Crippen LogP contribution >= 0.6 is 11.6 Å². The summed E-state index contributed by atoms with van der Waals surface area (Å²) >= 11 is 6.25. The summed E-state index contributed by atoms with van der Waals surface area (Å²) in [6, 6.07) is 5.95. The van der Waals surface area contributed by atoms with E-state index in [1.807, 2.05) is 12.1 Å². The molecule has 3 aromatic rings. The van der Waals surface area contributed by atoms with Gasteiger partial charge in [0.15, 0.2) is 6.39 Å². The van der Waals surface area contributed by atoms with Gasteiger partial charge in [-0.05, 0) is 18.1 Å². The molecule has 0 radical (unpaired) electrons. The van der Waals surface area contributed by atoms with Gasteiger partial charge in [-0.3, -0.25) is 0 Å². The molecule has 0 saturated carbocycles. The first-order valence-electron chi connectivity index (χ1n) is 6.45. The Morgan fingerprint density at radius 2 is 2.20 bits per heavy atom. The molecule has 5 heteroatoms. The molecule has 0 bridgehead atoms. The topological polar surface area (TPSA) is 51.1 Å². The van der Waals surface area contributed by atoms with Crippen molar-refractivity contribution in [3.05, 3.63) is 47.3 Å². The van der Waals surface area contributed by atoms with Crippen LogP contribution in [-0.4, -0.2) is 9.97 Å². The smallest absolute Gasteiger partial charge is 0.180 e. The minimum Gasteiger partial charge on any atom is -0.486 e. The molecule has 2 heterocycles. The molecule has 2 aromatic heterocycles. The molecular formula is C15H15ClN2O2. The average molecular weight is 291 g/mol. The number of hydrogen-bond donors (Lipinski definition) is 1. The molecule has 0 unspecified atom stereocenters. The Hall–Kier alpha value is -1.94. The van der Waals surface area contributed by atoms with Crippen LogP contribution in [0.4, 0.5) is 0 Å². The number of fused-ring (bicyclic) bond motifs is 1. The maximum atomic E-state index is 6.25. The van der Waals surface area contributed by atoms with Gasteiger partial charge >= 0.3 is 0 Å². The average Bonchev–Trinajstić information content (AvgIpc) is 3.04. The van der Waals surface area contributed by atoms with Crippen molar-refractivity contribution >= 4 is 22.5 Å². The first kappa shape index (κ1) is 13.1. The van der Waals surface area contributed by atoms with E-state index in [0.717, 1.165) is 16.6 Å². The Morgan fingerprint density at radius 1 is 1.35 bits per heavy atom. The molecule has 0 aliphatic carbocycles. The second kappa shape index (κ2) is 5.21. The molecule has 0 aliphatic rings. The fourth-order valence-electron chi connectivity index (χ4n) is 2.04. The fourth-order valence-corrected chi connectivity index (χ4v) is 2.26. The SMILES string of the molecule is CC(C)c1cc2cc(Cl)c(OCc3cocn3)cc2[nH]1. The fraction of sp³-hybridized carbons (Fsp3) is 0.267. The number of aromatic amines is 1. The Labute approximate surface area is 121 Å². The maximum absolute atomic E-state index is 6.25. The summed E-state index contributed by atoms with van der Waals surface area (Å²) in [7, 11) is 0. The lowest BCUT2D eigenvalue weighted by Gasteiger charge is -2.06. The summed E-state index contributed by atoms with van der Waals surface area (Å²) in [5, 5.41) is 1.68. The van der Waals surface area contributed by atoms with E-state index in [2.05, 4.69) is 29.9 Å². The third kappa shape index (κ3) is 2.51. The highest BCUT2D eigenvalue weighted by Gasteiger charge is 2.10. The van der Waals surface area contributed by atoms with Crippen LogP contribution in [0.3, 0.4) is 0 Å². The molecule has 0 atom stereocenters. The van der Waals surface area contributed by atoms with Crippen molar-refractivity contribution in [3.8, 4) is 5.75 Å². The summed E-state index contributed by atoms with van der Waals surface area (Å²) in [5.41, 5.74) is 2.94. The van der Waals surface area contributed by atoms with Gasteiger partial charge in [-0.15, -0.1) is 0 Å². The largest absolute Gasteiger partial charge is 0.486 e. The minimum atomic E-state index is 0.333. The number of aromatic nitrogens is 2. The van der Waals surface area contributed by atoms with Gasteiger partial charge in [-0.2, -0.15) is 0 Å². The zero-order valence-electron chi connectivity index (χ0n) is 11.3. The molecule has 1 N–H and O–H groups in total. The number of halogens is 1. The van der Waals surface area contributed by atoms with Crippen molar-refractivity contribution < 1.29 is 9.15 Å². The normalized spacial score (nSPS) is 11.4. The van der Waals surface area contributed by atoms with Gasteiger partial charge in [0.1, 0.15) is 24.3 Å². The van der Waals surface area contributed by atoms with Gasteiger partial charge in [-0.1, -0.05) is 25.4 Å². The molecule has 3 rings (SSSR count). The number of H-pyrrole nitrogens is 1. The Balaban J connectivity index is 1.88. The summed E-state index contributed by atoms with van der Waals surface area (Å²) < 4.78 is 10.6. The Bertz CT molecular complexity index is 717. The summed E-state index contributed by atoms with van der Waals surface area (Å²) in [4.78, 5) is 7.39. The number of oxazole rings is 1. The molecule has 104 valence electrons. The van der Waals surface area contributed by atoms with E-state index in [9.17, 15) is 0 Å². The first-order chi connectivity index (χ1) is 9.63. The van der Waals surface area contributed by atoms with Gasteiger partial charge in [0.05, 0.1) is 5.02 Å². The van der Waals surface area contributed by atoms with Crippen LogP contribution in [-0.2, 0) is 6.61 Å². The van der Waals surface area contributed by atoms with Crippen molar-refractivity contribution in [2.45, 2.75) is 26.4 Å². The molecule has 20 heavy (non-hydrogen) atoms. The highest BCUT2D eigenvalue weighted by molar-refractivity contribution is 6.32. The van der Waals surface area contributed by atoms with E-state index in [1.54, 1.807) is 6.26 Å². The molecular weight excluding hydrogens is 276 g/mol. The molecule has 1 aromatic carbocycles. The predicted octanol–water partition coefficient (Wildman–Crippen LogP) is 4.51. The second-order valence-corrected chi connectivity index (χ2v) is 5.42. The van der Waals surface area contributed by atoms with Gasteiger partial charge < -0.3 is 14.1 Å². The van der Waals surface area contributed by atoms with E-state index in [4.69, 9.17) is 20.8 Å². The lowest BCUT2D eigenvalue weighted by molar-refractivity contribution is 0.301. The quantitative estimate of drug-likeness (QED) is 0.769. The Morgan fingerprint density at radius 3 is 2.90 bits per heavy atom. The third-order valence-electron chi connectivity index (χ3n) is 3.18. The van der Waals surface area contributed by atoms with Crippen molar-refractivity contribution in [1.82, 2.24) is 9.97 Å². The monoisotopic (exact) mass is 290 g/mol. The van der Waals surface area contributed by atoms with Crippen molar-refractivity contribution in [2.24, 2.45) is 0 Å². The molecule has 0 aliphatic heterocycles. The predicted molar refractivity (Wildman–Crippen MR) is 78.2 cm³/mol. The number of nitrogens with one attached hydrogen (secondary N) is 1. The van der Waals surface area contributed by atoms with Gasteiger partial charge in [0, 0.05) is 22.7 Å². The van der Waals surface area contributed by atoms with Crippen molar-refractivity contribution in [1.29, 1.82) is 0 Å². The number of hydrogen-bond acceptors (Lipinski definition) is 3. The highest BCUT2D eigenvalue weighted by Crippen LogP contribution is 2.32. The highest BCUT2D eigenvalue weighted by atomic mass is 35.5. The summed E-state index contributed by atoms with van der Waals surface area (Å²) in [6.45, 7) is 4.63. The zero-order chi connectivity index (χ0) is 14.1. The number of ether oxygens (including phenoxy) is 1. The molecule has 0 amide bonds. The van der Waals surface area contributed by atoms with Gasteiger partial charge in [0.2, 0.25) is 0 Å². The molecule has 0 fully saturated rings. The first-order valence-corrected chi connectivity index (χ1v) is 6.83.